The number of hydrogen-bond donors (Lipinski definition) is 0. The quantitative estimate of drug-likeness (QED) is 0.229. The molecule has 0 amide bonds. The van der Waals surface area contributed by atoms with Gasteiger partial charge >= 0.3 is 0 Å². The van der Waals surface area contributed by atoms with Gasteiger partial charge in [0, 0.05) is 41.9 Å². The van der Waals surface area contributed by atoms with Gasteiger partial charge in [0.1, 0.15) is 0 Å². The summed E-state index contributed by atoms with van der Waals surface area (Å²) in [5.41, 5.74) is 4.90. The van der Waals surface area contributed by atoms with Crippen molar-refractivity contribution in [3.63, 3.8) is 0 Å². The molecule has 7 aromatic rings. The van der Waals surface area contributed by atoms with E-state index in [-0.39, 0.29) is 0 Å². The van der Waals surface area contributed by atoms with E-state index in [9.17, 15) is 0 Å². The van der Waals surface area contributed by atoms with Crippen molar-refractivity contribution >= 4 is 43.1 Å². The molecule has 3 nitrogen and oxygen atoms in total. The Morgan fingerprint density at radius 1 is 0.474 bits per heavy atom. The molecule has 2 heterocycles. The van der Waals surface area contributed by atoms with Crippen LogP contribution < -0.4 is 0 Å². The Bertz CT molecular complexity index is 1870. The summed E-state index contributed by atoms with van der Waals surface area (Å²) in [6, 6.07) is 41.0. The maximum atomic E-state index is 6.60. The molecule has 0 fully saturated rings. The Hall–Kier alpha value is -4.38. The average molecular weight is 526 g/mol. The van der Waals surface area contributed by atoms with Crippen molar-refractivity contribution in [1.29, 1.82) is 0 Å². The zero-order chi connectivity index (χ0) is 25.5. The first-order valence-electron chi connectivity index (χ1n) is 12.3. The third-order valence-corrected chi connectivity index (χ3v) is 7.99. The fourth-order valence-corrected chi connectivity index (χ4v) is 6.17. The van der Waals surface area contributed by atoms with Gasteiger partial charge < -0.3 is 0 Å². The number of aromatic nitrogens is 3. The molecular formula is C33H20ClN3S. The maximum absolute atomic E-state index is 6.60. The number of thiophene rings is 1. The molecule has 38 heavy (non-hydrogen) atoms. The molecule has 0 unspecified atom stereocenters. The van der Waals surface area contributed by atoms with Crippen molar-refractivity contribution in [3.05, 3.63) is 126 Å². The normalized spacial score (nSPS) is 11.3. The molecule has 0 aliphatic heterocycles. The van der Waals surface area contributed by atoms with Crippen LogP contribution in [0.15, 0.2) is 121 Å². The highest BCUT2D eigenvalue weighted by molar-refractivity contribution is 7.25. The van der Waals surface area contributed by atoms with Crippen molar-refractivity contribution < 1.29 is 0 Å². The lowest BCUT2D eigenvalue weighted by molar-refractivity contribution is 1.07. The monoisotopic (exact) mass is 525 g/mol. The zero-order valence-electron chi connectivity index (χ0n) is 20.2. The van der Waals surface area contributed by atoms with Gasteiger partial charge in [0.15, 0.2) is 17.5 Å². The van der Waals surface area contributed by atoms with Crippen molar-refractivity contribution in [2.45, 2.75) is 0 Å². The van der Waals surface area contributed by atoms with Crippen LogP contribution in [-0.2, 0) is 0 Å². The first-order chi connectivity index (χ1) is 18.7. The summed E-state index contributed by atoms with van der Waals surface area (Å²) < 4.78 is 2.50. The highest BCUT2D eigenvalue weighted by Crippen LogP contribution is 2.43. The van der Waals surface area contributed by atoms with Crippen LogP contribution in [0.3, 0.4) is 0 Å². The summed E-state index contributed by atoms with van der Waals surface area (Å²) >= 11 is 8.40. The third kappa shape index (κ3) is 4.04. The zero-order valence-corrected chi connectivity index (χ0v) is 21.7. The lowest BCUT2D eigenvalue weighted by Gasteiger charge is -2.13. The molecule has 0 aliphatic rings. The molecule has 0 bridgehead atoms. The van der Waals surface area contributed by atoms with Gasteiger partial charge in [0.2, 0.25) is 0 Å². The standard InChI is InChI=1S/C33H20ClN3S/c34-23-18-19-25(27(20-23)24-15-9-17-29-30(24)26-14-7-8-16-28(26)38-29)33-36-31(21-10-3-1-4-11-21)35-32(37-33)22-12-5-2-6-13-22/h1-20H. The van der Waals surface area contributed by atoms with E-state index in [0.29, 0.717) is 22.5 Å². The number of nitrogens with zero attached hydrogens (tertiary/aromatic N) is 3. The second-order valence-electron chi connectivity index (χ2n) is 9.01. The van der Waals surface area contributed by atoms with Crippen LogP contribution in [0.4, 0.5) is 0 Å². The van der Waals surface area contributed by atoms with Crippen LogP contribution in [0.25, 0.3) is 65.5 Å². The number of halogens is 1. The molecule has 0 aliphatic carbocycles. The van der Waals surface area contributed by atoms with Crippen molar-refractivity contribution in [1.82, 2.24) is 15.0 Å². The number of fused-ring (bicyclic) bond motifs is 3. The maximum Gasteiger partial charge on any atom is 0.164 e. The Kier molecular flexibility index (Phi) is 5.69. The number of rotatable bonds is 4. The average Bonchev–Trinajstić information content (AvgIpc) is 3.37. The van der Waals surface area contributed by atoms with E-state index in [0.717, 1.165) is 27.8 Å². The lowest BCUT2D eigenvalue weighted by atomic mass is 9.95. The van der Waals surface area contributed by atoms with Crippen LogP contribution in [0.1, 0.15) is 0 Å². The minimum Gasteiger partial charge on any atom is -0.208 e. The first kappa shape index (κ1) is 22.8. The van der Waals surface area contributed by atoms with E-state index in [1.807, 2.05) is 78.9 Å². The number of benzene rings is 5. The van der Waals surface area contributed by atoms with Gasteiger partial charge in [-0.1, -0.05) is 103 Å². The fraction of sp³-hybridized carbons (Fsp3) is 0. The van der Waals surface area contributed by atoms with Gasteiger partial charge in [-0.15, -0.1) is 11.3 Å². The molecule has 0 radical (unpaired) electrons. The lowest BCUT2D eigenvalue weighted by Crippen LogP contribution is -2.01. The largest absolute Gasteiger partial charge is 0.208 e. The predicted molar refractivity (Wildman–Crippen MR) is 159 cm³/mol. The molecule has 5 heteroatoms. The van der Waals surface area contributed by atoms with E-state index in [2.05, 4.69) is 42.5 Å². The Labute approximate surface area is 229 Å². The van der Waals surface area contributed by atoms with Crippen molar-refractivity contribution in [2.75, 3.05) is 0 Å². The van der Waals surface area contributed by atoms with Gasteiger partial charge in [-0.05, 0) is 41.5 Å². The molecule has 0 saturated heterocycles. The summed E-state index contributed by atoms with van der Waals surface area (Å²) in [5.74, 6) is 1.88. The van der Waals surface area contributed by atoms with E-state index in [1.165, 1.54) is 20.2 Å². The first-order valence-corrected chi connectivity index (χ1v) is 13.5. The summed E-state index contributed by atoms with van der Waals surface area (Å²) in [7, 11) is 0. The van der Waals surface area contributed by atoms with Crippen molar-refractivity contribution in [3.8, 4) is 45.3 Å². The highest BCUT2D eigenvalue weighted by Gasteiger charge is 2.18. The molecule has 180 valence electrons. The van der Waals surface area contributed by atoms with Gasteiger partial charge in [0.25, 0.3) is 0 Å². The fourth-order valence-electron chi connectivity index (χ4n) is 4.86. The molecule has 2 aromatic heterocycles. The van der Waals surface area contributed by atoms with Crippen LogP contribution in [0.5, 0.6) is 0 Å². The Morgan fingerprint density at radius 3 is 1.79 bits per heavy atom. The predicted octanol–water partition coefficient (Wildman–Crippen LogP) is 9.56. The molecule has 0 atom stereocenters. The van der Waals surface area contributed by atoms with Crippen LogP contribution >= 0.6 is 22.9 Å². The molecule has 0 saturated carbocycles. The third-order valence-electron chi connectivity index (χ3n) is 6.61. The van der Waals surface area contributed by atoms with Crippen LogP contribution in [0.2, 0.25) is 5.02 Å². The summed E-state index contributed by atoms with van der Waals surface area (Å²) in [6.07, 6.45) is 0. The topological polar surface area (TPSA) is 38.7 Å². The molecule has 5 aromatic carbocycles. The van der Waals surface area contributed by atoms with Crippen LogP contribution in [-0.4, -0.2) is 15.0 Å². The van der Waals surface area contributed by atoms with E-state index < -0.39 is 0 Å². The Morgan fingerprint density at radius 2 is 1.08 bits per heavy atom. The molecule has 0 N–H and O–H groups in total. The summed E-state index contributed by atoms with van der Waals surface area (Å²) in [4.78, 5) is 14.8. The van der Waals surface area contributed by atoms with Gasteiger partial charge in [0.05, 0.1) is 0 Å². The number of hydrogen-bond acceptors (Lipinski definition) is 4. The minimum absolute atomic E-state index is 0.612. The second kappa shape index (κ2) is 9.49. The molecular weight excluding hydrogens is 506 g/mol. The van der Waals surface area contributed by atoms with Crippen LogP contribution in [0, 0.1) is 0 Å². The molecule has 7 rings (SSSR count). The van der Waals surface area contributed by atoms with Gasteiger partial charge in [-0.25, -0.2) is 15.0 Å². The van der Waals surface area contributed by atoms with Gasteiger partial charge in [-0.3, -0.25) is 0 Å². The minimum atomic E-state index is 0.612. The van der Waals surface area contributed by atoms with Crippen molar-refractivity contribution in [2.24, 2.45) is 0 Å². The summed E-state index contributed by atoms with van der Waals surface area (Å²) in [5, 5.41) is 3.12. The highest BCUT2D eigenvalue weighted by atomic mass is 35.5. The second-order valence-corrected chi connectivity index (χ2v) is 10.5. The Balaban J connectivity index is 1.51. The molecule has 0 spiro atoms. The van der Waals surface area contributed by atoms with E-state index in [4.69, 9.17) is 26.6 Å². The van der Waals surface area contributed by atoms with E-state index >= 15 is 0 Å². The summed E-state index contributed by atoms with van der Waals surface area (Å²) in [6.45, 7) is 0. The SMILES string of the molecule is Clc1ccc(-c2nc(-c3ccccc3)nc(-c3ccccc3)n2)c(-c2cccc3sc4ccccc4c23)c1. The smallest absolute Gasteiger partial charge is 0.164 e. The van der Waals surface area contributed by atoms with E-state index in [1.54, 1.807) is 11.3 Å². The van der Waals surface area contributed by atoms with Gasteiger partial charge in [-0.2, -0.15) is 0 Å².